The van der Waals surface area contributed by atoms with Gasteiger partial charge in [0.1, 0.15) is 10.9 Å². The quantitative estimate of drug-likeness (QED) is 0.668. The number of nitrogens with zero attached hydrogens (tertiary/aromatic N) is 3. The molecule has 0 aliphatic heterocycles. The van der Waals surface area contributed by atoms with E-state index in [1.54, 1.807) is 11.8 Å². The van der Waals surface area contributed by atoms with Gasteiger partial charge in [-0.3, -0.25) is 4.98 Å². The van der Waals surface area contributed by atoms with Crippen LogP contribution in [0.4, 0.5) is 0 Å². The number of rotatable bonds is 5. The standard InChI is InChI=1S/C19H21N3S/c1-14(2)18-19(23-17-7-5-4-6-8-17)22(15(3)21-18)13-16-9-11-20-12-10-16/h4-12,14H,13H2,1-3H3. The number of hydrogen-bond acceptors (Lipinski definition) is 3. The summed E-state index contributed by atoms with van der Waals surface area (Å²) in [6.07, 6.45) is 3.68. The number of hydrogen-bond donors (Lipinski definition) is 0. The first-order chi connectivity index (χ1) is 11.1. The first-order valence-electron chi connectivity index (χ1n) is 7.84. The first-order valence-corrected chi connectivity index (χ1v) is 8.65. The van der Waals surface area contributed by atoms with Crippen LogP contribution in [-0.2, 0) is 6.54 Å². The van der Waals surface area contributed by atoms with E-state index < -0.39 is 0 Å². The zero-order chi connectivity index (χ0) is 16.2. The average molecular weight is 323 g/mol. The van der Waals surface area contributed by atoms with Crippen molar-refractivity contribution in [2.75, 3.05) is 0 Å². The zero-order valence-corrected chi connectivity index (χ0v) is 14.5. The van der Waals surface area contributed by atoms with Crippen LogP contribution in [0.3, 0.4) is 0 Å². The van der Waals surface area contributed by atoms with Gasteiger partial charge in [-0.15, -0.1) is 0 Å². The number of imidazole rings is 1. The Balaban J connectivity index is 2.00. The van der Waals surface area contributed by atoms with Gasteiger partial charge in [-0.2, -0.15) is 0 Å². The van der Waals surface area contributed by atoms with Gasteiger partial charge in [0.15, 0.2) is 0 Å². The summed E-state index contributed by atoms with van der Waals surface area (Å²) in [5, 5.41) is 1.24. The Kier molecular flexibility index (Phi) is 4.82. The molecule has 0 saturated carbocycles. The Hall–Kier alpha value is -2.07. The highest BCUT2D eigenvalue weighted by atomic mass is 32.2. The fraction of sp³-hybridized carbons (Fsp3) is 0.263. The van der Waals surface area contributed by atoms with E-state index in [9.17, 15) is 0 Å². The van der Waals surface area contributed by atoms with E-state index in [-0.39, 0.29) is 0 Å². The molecule has 118 valence electrons. The maximum Gasteiger partial charge on any atom is 0.107 e. The zero-order valence-electron chi connectivity index (χ0n) is 13.7. The van der Waals surface area contributed by atoms with Crippen molar-refractivity contribution in [3.05, 3.63) is 71.9 Å². The Morgan fingerprint density at radius 3 is 2.39 bits per heavy atom. The van der Waals surface area contributed by atoms with Gasteiger partial charge in [-0.1, -0.05) is 43.8 Å². The monoisotopic (exact) mass is 323 g/mol. The predicted octanol–water partition coefficient (Wildman–Crippen LogP) is 4.91. The van der Waals surface area contributed by atoms with E-state index >= 15 is 0 Å². The smallest absolute Gasteiger partial charge is 0.107 e. The second-order valence-electron chi connectivity index (χ2n) is 5.86. The molecule has 1 aromatic carbocycles. The summed E-state index contributed by atoms with van der Waals surface area (Å²) in [5.41, 5.74) is 2.41. The van der Waals surface area contributed by atoms with Crippen LogP contribution in [-0.4, -0.2) is 14.5 Å². The molecule has 0 bridgehead atoms. The molecule has 3 nitrogen and oxygen atoms in total. The summed E-state index contributed by atoms with van der Waals surface area (Å²) in [6, 6.07) is 14.6. The van der Waals surface area contributed by atoms with Gasteiger partial charge in [0.05, 0.1) is 5.69 Å². The van der Waals surface area contributed by atoms with Crippen LogP contribution in [0.2, 0.25) is 0 Å². The van der Waals surface area contributed by atoms with Crippen molar-refractivity contribution in [3.63, 3.8) is 0 Å². The van der Waals surface area contributed by atoms with Crippen molar-refractivity contribution in [1.29, 1.82) is 0 Å². The van der Waals surface area contributed by atoms with Gasteiger partial charge in [0.25, 0.3) is 0 Å². The van der Waals surface area contributed by atoms with E-state index in [1.165, 1.54) is 21.2 Å². The highest BCUT2D eigenvalue weighted by Gasteiger charge is 2.18. The lowest BCUT2D eigenvalue weighted by molar-refractivity contribution is 0.689. The second-order valence-corrected chi connectivity index (χ2v) is 6.92. The molecule has 4 heteroatoms. The summed E-state index contributed by atoms with van der Waals surface area (Å²) in [5.74, 6) is 1.46. The van der Waals surface area contributed by atoms with E-state index in [0.717, 1.165) is 12.4 Å². The molecule has 0 N–H and O–H groups in total. The summed E-state index contributed by atoms with van der Waals surface area (Å²) < 4.78 is 2.31. The van der Waals surface area contributed by atoms with Crippen LogP contribution in [0.15, 0.2) is 64.8 Å². The minimum atomic E-state index is 0.401. The van der Waals surface area contributed by atoms with Crippen molar-refractivity contribution < 1.29 is 0 Å². The molecule has 3 aromatic rings. The van der Waals surface area contributed by atoms with Crippen LogP contribution in [0.5, 0.6) is 0 Å². The average Bonchev–Trinajstić information content (AvgIpc) is 2.86. The Morgan fingerprint density at radius 1 is 1.04 bits per heavy atom. The van der Waals surface area contributed by atoms with Crippen molar-refractivity contribution in [3.8, 4) is 0 Å². The van der Waals surface area contributed by atoms with Crippen LogP contribution in [0.25, 0.3) is 0 Å². The van der Waals surface area contributed by atoms with Gasteiger partial charge in [0.2, 0.25) is 0 Å². The normalized spacial score (nSPS) is 11.1. The third kappa shape index (κ3) is 3.64. The van der Waals surface area contributed by atoms with Crippen molar-refractivity contribution in [2.45, 2.75) is 43.2 Å². The van der Waals surface area contributed by atoms with Gasteiger partial charge in [-0.05, 0) is 42.7 Å². The summed E-state index contributed by atoms with van der Waals surface area (Å²) in [4.78, 5) is 10.2. The van der Waals surface area contributed by atoms with Gasteiger partial charge >= 0.3 is 0 Å². The lowest BCUT2D eigenvalue weighted by Crippen LogP contribution is -2.04. The summed E-state index contributed by atoms with van der Waals surface area (Å²) in [6.45, 7) is 7.31. The topological polar surface area (TPSA) is 30.7 Å². The van der Waals surface area contributed by atoms with Crippen LogP contribution in [0.1, 0.15) is 36.8 Å². The van der Waals surface area contributed by atoms with Crippen LogP contribution < -0.4 is 0 Å². The fourth-order valence-electron chi connectivity index (χ4n) is 2.51. The molecule has 0 atom stereocenters. The molecule has 0 spiro atoms. The lowest BCUT2D eigenvalue weighted by Gasteiger charge is -2.12. The van der Waals surface area contributed by atoms with Crippen molar-refractivity contribution in [1.82, 2.24) is 14.5 Å². The number of benzene rings is 1. The Bertz CT molecular complexity index is 764. The van der Waals surface area contributed by atoms with Crippen molar-refractivity contribution >= 4 is 11.8 Å². The molecule has 0 unspecified atom stereocenters. The number of aromatic nitrogens is 3. The highest BCUT2D eigenvalue weighted by molar-refractivity contribution is 7.99. The number of aryl methyl sites for hydroxylation is 1. The highest BCUT2D eigenvalue weighted by Crippen LogP contribution is 2.35. The molecule has 0 radical (unpaired) electrons. The minimum absolute atomic E-state index is 0.401. The van der Waals surface area contributed by atoms with Gasteiger partial charge in [0, 0.05) is 23.8 Å². The van der Waals surface area contributed by atoms with E-state index in [2.05, 4.69) is 66.7 Å². The minimum Gasteiger partial charge on any atom is -0.318 e. The summed E-state index contributed by atoms with van der Waals surface area (Å²) >= 11 is 1.79. The molecule has 2 heterocycles. The molecule has 0 saturated heterocycles. The maximum atomic E-state index is 4.83. The second kappa shape index (κ2) is 7.01. The number of pyridine rings is 1. The molecule has 23 heavy (non-hydrogen) atoms. The fourth-order valence-corrected chi connectivity index (χ4v) is 3.72. The molecule has 0 fully saturated rings. The molecular weight excluding hydrogens is 302 g/mol. The molecule has 3 rings (SSSR count). The first kappa shape index (κ1) is 15.8. The maximum absolute atomic E-state index is 4.83. The van der Waals surface area contributed by atoms with Gasteiger partial charge in [-0.25, -0.2) is 4.98 Å². The van der Waals surface area contributed by atoms with Crippen LogP contribution in [0, 0.1) is 6.92 Å². The van der Waals surface area contributed by atoms with E-state index in [1.807, 2.05) is 18.5 Å². The largest absolute Gasteiger partial charge is 0.318 e. The summed E-state index contributed by atoms with van der Waals surface area (Å²) in [7, 11) is 0. The SMILES string of the molecule is Cc1nc(C(C)C)c(Sc2ccccc2)n1Cc1ccncc1. The van der Waals surface area contributed by atoms with Crippen molar-refractivity contribution in [2.24, 2.45) is 0 Å². The third-order valence-corrected chi connectivity index (χ3v) is 4.86. The van der Waals surface area contributed by atoms with Crippen LogP contribution >= 0.6 is 11.8 Å². The van der Waals surface area contributed by atoms with Gasteiger partial charge < -0.3 is 4.57 Å². The lowest BCUT2D eigenvalue weighted by atomic mass is 10.1. The molecular formula is C19H21N3S. The Labute approximate surface area is 141 Å². The van der Waals surface area contributed by atoms with E-state index in [4.69, 9.17) is 4.98 Å². The molecule has 0 amide bonds. The predicted molar refractivity (Wildman–Crippen MR) is 95.0 cm³/mol. The Morgan fingerprint density at radius 2 is 1.74 bits per heavy atom. The molecule has 0 aliphatic carbocycles. The molecule has 0 aliphatic rings. The molecule has 2 aromatic heterocycles. The third-order valence-electron chi connectivity index (χ3n) is 3.73. The van der Waals surface area contributed by atoms with E-state index in [0.29, 0.717) is 5.92 Å².